The molecule has 3 aromatic carbocycles. The molecule has 0 radical (unpaired) electrons. The molecular formula is C30H26N6O. The molecule has 2 heterocycles. The van der Waals surface area contributed by atoms with Gasteiger partial charge in [-0.2, -0.15) is 0 Å². The Kier molecular flexibility index (Phi) is 5.53. The lowest BCUT2D eigenvalue weighted by Gasteiger charge is -2.43. The Bertz CT molecular complexity index is 1510. The summed E-state index contributed by atoms with van der Waals surface area (Å²) in [6, 6.07) is 28.3. The molecule has 1 fully saturated rings. The second-order valence-corrected chi connectivity index (χ2v) is 9.41. The highest BCUT2D eigenvalue weighted by Gasteiger charge is 2.40. The van der Waals surface area contributed by atoms with Gasteiger partial charge in [0.1, 0.15) is 11.7 Å². The summed E-state index contributed by atoms with van der Waals surface area (Å²) < 4.78 is 0. The SMILES string of the molecule is N=C(c1ccc(C2(NC(=O)c3ccccc3)CCC2)cc1)N1C(=N)c2ccccc2Nc2ncccc21. The standard InChI is InChI=1S/C30H26N6O/c31-26(36-25-12-6-19-33-28(25)34-24-11-5-4-10-23(24)27(36)32)20-13-15-22(16-14-20)30(17-7-18-30)35-29(37)21-8-2-1-3-9-21/h1-6,8-16,19,31-32H,7,17-18H2,(H,33,34)(H,35,37). The first-order valence-electron chi connectivity index (χ1n) is 12.3. The third-order valence-corrected chi connectivity index (χ3v) is 7.22. The van der Waals surface area contributed by atoms with Crippen molar-refractivity contribution in [1.82, 2.24) is 10.3 Å². The number of nitrogens with one attached hydrogen (secondary N) is 4. The van der Waals surface area contributed by atoms with Crippen LogP contribution in [0.4, 0.5) is 17.2 Å². The minimum Gasteiger partial charge on any atom is -0.343 e. The van der Waals surface area contributed by atoms with Crippen molar-refractivity contribution in [1.29, 1.82) is 10.8 Å². The Labute approximate surface area is 215 Å². The maximum Gasteiger partial charge on any atom is 0.251 e. The molecule has 1 saturated carbocycles. The minimum absolute atomic E-state index is 0.0783. The van der Waals surface area contributed by atoms with Crippen LogP contribution in [0.3, 0.4) is 0 Å². The fourth-order valence-corrected chi connectivity index (χ4v) is 5.04. The molecule has 4 N–H and O–H groups in total. The van der Waals surface area contributed by atoms with Gasteiger partial charge in [0.25, 0.3) is 5.91 Å². The average molecular weight is 487 g/mol. The first-order chi connectivity index (χ1) is 18.1. The number of rotatable bonds is 4. The predicted octanol–water partition coefficient (Wildman–Crippen LogP) is 5.81. The molecule has 1 aliphatic heterocycles. The van der Waals surface area contributed by atoms with Gasteiger partial charge in [0, 0.05) is 22.9 Å². The van der Waals surface area contributed by atoms with Crippen molar-refractivity contribution in [3.8, 4) is 0 Å². The van der Waals surface area contributed by atoms with Crippen molar-refractivity contribution in [2.75, 3.05) is 10.2 Å². The van der Waals surface area contributed by atoms with E-state index in [1.165, 1.54) is 0 Å². The Morgan fingerprint density at radius 2 is 1.62 bits per heavy atom. The van der Waals surface area contributed by atoms with Gasteiger partial charge in [0.2, 0.25) is 0 Å². The Morgan fingerprint density at radius 1 is 0.892 bits per heavy atom. The Hall–Kier alpha value is -4.78. The molecule has 4 aromatic rings. The fourth-order valence-electron chi connectivity index (χ4n) is 5.04. The molecule has 37 heavy (non-hydrogen) atoms. The van der Waals surface area contributed by atoms with E-state index < -0.39 is 5.54 Å². The number of anilines is 3. The van der Waals surface area contributed by atoms with Crippen molar-refractivity contribution in [2.45, 2.75) is 24.8 Å². The van der Waals surface area contributed by atoms with E-state index in [1.807, 2.05) is 91.0 Å². The van der Waals surface area contributed by atoms with Gasteiger partial charge >= 0.3 is 0 Å². The topological polar surface area (TPSA) is 105 Å². The second kappa shape index (κ2) is 9.02. The Morgan fingerprint density at radius 3 is 2.35 bits per heavy atom. The van der Waals surface area contributed by atoms with Crippen LogP contribution in [0.5, 0.6) is 0 Å². The fraction of sp³-hybridized carbons (Fsp3) is 0.133. The second-order valence-electron chi connectivity index (χ2n) is 9.41. The van der Waals surface area contributed by atoms with E-state index in [9.17, 15) is 4.79 Å². The number of hydrogen-bond acceptors (Lipinski definition) is 5. The van der Waals surface area contributed by atoms with Crippen molar-refractivity contribution >= 4 is 34.8 Å². The molecule has 7 nitrogen and oxygen atoms in total. The lowest BCUT2D eigenvalue weighted by Crippen LogP contribution is -2.50. The molecule has 0 unspecified atom stereocenters. The molecule has 6 rings (SSSR count). The number of aromatic nitrogens is 1. The van der Waals surface area contributed by atoms with Gasteiger partial charge in [-0.3, -0.25) is 20.5 Å². The third-order valence-electron chi connectivity index (χ3n) is 7.22. The summed E-state index contributed by atoms with van der Waals surface area (Å²) in [4.78, 5) is 19.0. The summed E-state index contributed by atoms with van der Waals surface area (Å²) in [5.41, 5.74) is 4.06. The molecule has 1 aliphatic carbocycles. The van der Waals surface area contributed by atoms with Crippen molar-refractivity contribution < 1.29 is 4.79 Å². The number of pyridine rings is 1. The Balaban J connectivity index is 1.31. The highest BCUT2D eigenvalue weighted by molar-refractivity contribution is 6.30. The number of carbonyl (C=O) groups is 1. The van der Waals surface area contributed by atoms with Crippen molar-refractivity contribution in [2.24, 2.45) is 0 Å². The number of benzene rings is 3. The predicted molar refractivity (Wildman–Crippen MR) is 146 cm³/mol. The smallest absolute Gasteiger partial charge is 0.251 e. The minimum atomic E-state index is -0.400. The van der Waals surface area contributed by atoms with Crippen LogP contribution in [0, 0.1) is 10.8 Å². The monoisotopic (exact) mass is 486 g/mol. The molecule has 1 aromatic heterocycles. The van der Waals surface area contributed by atoms with Crippen LogP contribution in [-0.4, -0.2) is 22.6 Å². The maximum absolute atomic E-state index is 12.9. The van der Waals surface area contributed by atoms with Gasteiger partial charge in [0.05, 0.1) is 16.9 Å². The van der Waals surface area contributed by atoms with Crippen LogP contribution in [0.2, 0.25) is 0 Å². The average Bonchev–Trinajstić information content (AvgIpc) is 3.04. The highest BCUT2D eigenvalue weighted by Crippen LogP contribution is 2.42. The van der Waals surface area contributed by atoms with Crippen LogP contribution in [0.15, 0.2) is 97.2 Å². The number of para-hydroxylation sites is 1. The first-order valence-corrected chi connectivity index (χ1v) is 12.3. The zero-order valence-electron chi connectivity index (χ0n) is 20.2. The number of amidine groups is 2. The summed E-state index contributed by atoms with van der Waals surface area (Å²) in [7, 11) is 0. The number of fused-ring (bicyclic) bond motifs is 2. The molecular weight excluding hydrogens is 460 g/mol. The molecule has 1 amide bonds. The van der Waals surface area contributed by atoms with Gasteiger partial charge in [0.15, 0.2) is 5.82 Å². The molecule has 0 bridgehead atoms. The normalized spacial score (nSPS) is 15.4. The van der Waals surface area contributed by atoms with E-state index in [4.69, 9.17) is 10.8 Å². The number of carbonyl (C=O) groups excluding carboxylic acids is 1. The molecule has 0 spiro atoms. The zero-order chi connectivity index (χ0) is 25.4. The van der Waals surface area contributed by atoms with E-state index >= 15 is 0 Å². The van der Waals surface area contributed by atoms with E-state index in [-0.39, 0.29) is 17.6 Å². The van der Waals surface area contributed by atoms with Crippen LogP contribution in [-0.2, 0) is 5.54 Å². The largest absolute Gasteiger partial charge is 0.343 e. The first kappa shape index (κ1) is 22.7. The van der Waals surface area contributed by atoms with Gasteiger partial charge < -0.3 is 10.6 Å². The van der Waals surface area contributed by atoms with E-state index in [0.29, 0.717) is 28.2 Å². The lowest BCUT2D eigenvalue weighted by molar-refractivity contribution is 0.0823. The van der Waals surface area contributed by atoms with Gasteiger partial charge in [-0.25, -0.2) is 4.98 Å². The summed E-state index contributed by atoms with van der Waals surface area (Å²) in [5, 5.41) is 24.7. The lowest BCUT2D eigenvalue weighted by atomic mass is 9.71. The van der Waals surface area contributed by atoms with Crippen LogP contribution in [0.1, 0.15) is 46.3 Å². The highest BCUT2D eigenvalue weighted by atomic mass is 16.1. The van der Waals surface area contributed by atoms with Crippen molar-refractivity contribution in [3.05, 3.63) is 119 Å². The summed E-state index contributed by atoms with van der Waals surface area (Å²) >= 11 is 0. The van der Waals surface area contributed by atoms with Crippen molar-refractivity contribution in [3.63, 3.8) is 0 Å². The van der Waals surface area contributed by atoms with Crippen LogP contribution in [0.25, 0.3) is 0 Å². The zero-order valence-corrected chi connectivity index (χ0v) is 20.2. The maximum atomic E-state index is 12.9. The number of hydrogen-bond donors (Lipinski definition) is 4. The van der Waals surface area contributed by atoms with E-state index in [0.717, 1.165) is 30.5 Å². The number of amides is 1. The van der Waals surface area contributed by atoms with Crippen LogP contribution >= 0.6 is 0 Å². The van der Waals surface area contributed by atoms with Crippen LogP contribution < -0.4 is 15.5 Å². The molecule has 2 aliphatic rings. The summed E-state index contributed by atoms with van der Waals surface area (Å²) in [6.07, 6.45) is 4.50. The van der Waals surface area contributed by atoms with Gasteiger partial charge in [-0.15, -0.1) is 0 Å². The molecule has 0 saturated heterocycles. The van der Waals surface area contributed by atoms with E-state index in [2.05, 4.69) is 15.6 Å². The number of nitrogens with zero attached hydrogens (tertiary/aromatic N) is 2. The summed E-state index contributed by atoms with van der Waals surface area (Å²) in [6.45, 7) is 0. The summed E-state index contributed by atoms with van der Waals surface area (Å²) in [5.74, 6) is 0.899. The molecule has 0 atom stereocenters. The molecule has 182 valence electrons. The van der Waals surface area contributed by atoms with Gasteiger partial charge in [-0.1, -0.05) is 54.6 Å². The molecule has 7 heteroatoms. The van der Waals surface area contributed by atoms with Gasteiger partial charge in [-0.05, 0) is 61.2 Å². The third kappa shape index (κ3) is 3.94. The quantitative estimate of drug-likeness (QED) is 0.216. The van der Waals surface area contributed by atoms with E-state index in [1.54, 1.807) is 11.1 Å².